The number of rotatable bonds is 13. The molecule has 0 aliphatic carbocycles. The Balaban J connectivity index is 1.19. The van der Waals surface area contributed by atoms with Gasteiger partial charge >= 0.3 is 6.18 Å². The van der Waals surface area contributed by atoms with Crippen LogP contribution in [-0.2, 0) is 13.1 Å². The summed E-state index contributed by atoms with van der Waals surface area (Å²) < 4.78 is 41.6. The molecule has 3 saturated heterocycles. The molecule has 5 rings (SSSR count). The Morgan fingerprint density at radius 3 is 2.39 bits per heavy atom. The molecular weight excluding hydrogens is 623 g/mol. The molecule has 1 aromatic carbocycles. The molecule has 266 valence electrons. The molecular formula is C39H54F3N7. The Morgan fingerprint density at radius 2 is 1.76 bits per heavy atom. The third-order valence-electron chi connectivity index (χ3n) is 10.8. The maximum Gasteiger partial charge on any atom is 0.392 e. The number of aliphatic imine (C=N–C) groups is 1. The zero-order valence-electron chi connectivity index (χ0n) is 29.9. The van der Waals surface area contributed by atoms with E-state index in [-0.39, 0.29) is 11.0 Å². The van der Waals surface area contributed by atoms with Crippen molar-refractivity contribution in [3.63, 3.8) is 0 Å². The standard InChI is InChI=1S/C39H54F3N7/c1-6-36(45-7-2)35(22-29(3)24-39(40,41)42)31(5)48-27-38(28-48)12-18-47(19-13-38)26-32-10-11-37-34(30(32)4)23-33(25-43)49(37)17-9-8-16-46-20-14-44-15-21-46/h6,10-11,22-23,44H,1,7-9,12-21,24,26-28H2,2-5H3/b29-22+,35-31+,45-36-. The van der Waals surface area contributed by atoms with E-state index >= 15 is 0 Å². The Hall–Kier alpha value is -3.39. The molecule has 49 heavy (non-hydrogen) atoms. The topological polar surface area (TPSA) is 62.8 Å². The fourth-order valence-corrected chi connectivity index (χ4v) is 7.89. The largest absolute Gasteiger partial charge is 0.392 e. The number of piperidine rings is 1. The monoisotopic (exact) mass is 677 g/mol. The third kappa shape index (κ3) is 9.05. The second-order valence-electron chi connectivity index (χ2n) is 14.4. The predicted octanol–water partition coefficient (Wildman–Crippen LogP) is 7.22. The van der Waals surface area contributed by atoms with Gasteiger partial charge in [-0.25, -0.2) is 0 Å². The lowest BCUT2D eigenvalue weighted by Gasteiger charge is -2.55. The molecule has 0 atom stereocenters. The molecule has 3 aliphatic rings. The van der Waals surface area contributed by atoms with E-state index in [1.54, 1.807) is 12.2 Å². The minimum absolute atomic E-state index is 0.229. The average Bonchev–Trinajstić information content (AvgIpc) is 3.43. The summed E-state index contributed by atoms with van der Waals surface area (Å²) in [6.07, 6.45) is 2.50. The van der Waals surface area contributed by atoms with Crippen LogP contribution in [-0.4, -0.2) is 96.6 Å². The molecule has 1 spiro atoms. The van der Waals surface area contributed by atoms with Gasteiger partial charge in [-0.05, 0) is 102 Å². The first-order valence-electron chi connectivity index (χ1n) is 18.0. The van der Waals surface area contributed by atoms with Gasteiger partial charge in [0.15, 0.2) is 0 Å². The number of aromatic nitrogens is 1. The van der Waals surface area contributed by atoms with Crippen LogP contribution in [0.25, 0.3) is 10.9 Å². The second kappa shape index (κ2) is 16.1. The number of aryl methyl sites for hydroxylation is 2. The predicted molar refractivity (Wildman–Crippen MR) is 194 cm³/mol. The van der Waals surface area contributed by atoms with Crippen molar-refractivity contribution in [2.45, 2.75) is 79.1 Å². The van der Waals surface area contributed by atoms with Crippen LogP contribution in [0, 0.1) is 23.7 Å². The minimum atomic E-state index is -4.25. The van der Waals surface area contributed by atoms with Crippen molar-refractivity contribution in [1.82, 2.24) is 24.6 Å². The Kier molecular flexibility index (Phi) is 12.1. The summed E-state index contributed by atoms with van der Waals surface area (Å²) in [7, 11) is 0. The maximum atomic E-state index is 13.1. The Labute approximate surface area is 290 Å². The first-order chi connectivity index (χ1) is 23.5. The lowest BCUT2D eigenvalue weighted by Crippen LogP contribution is -2.59. The summed E-state index contributed by atoms with van der Waals surface area (Å²) in [4.78, 5) is 11.9. The number of alkyl halides is 3. The van der Waals surface area contributed by atoms with Crippen molar-refractivity contribution in [1.29, 1.82) is 5.26 Å². The Morgan fingerprint density at radius 1 is 1.06 bits per heavy atom. The van der Waals surface area contributed by atoms with Gasteiger partial charge in [-0.15, -0.1) is 0 Å². The van der Waals surface area contributed by atoms with Crippen LogP contribution in [0.1, 0.15) is 69.7 Å². The van der Waals surface area contributed by atoms with Crippen LogP contribution in [0.2, 0.25) is 0 Å². The molecule has 1 N–H and O–H groups in total. The normalized spacial score (nSPS) is 20.0. The lowest BCUT2D eigenvalue weighted by molar-refractivity contribution is -0.127. The molecule has 1 aromatic heterocycles. The maximum absolute atomic E-state index is 13.1. The molecule has 0 radical (unpaired) electrons. The first kappa shape index (κ1) is 36.9. The third-order valence-corrected chi connectivity index (χ3v) is 10.8. The van der Waals surface area contributed by atoms with E-state index in [4.69, 9.17) is 0 Å². The van der Waals surface area contributed by atoms with Gasteiger partial charge in [0.05, 0.1) is 12.1 Å². The molecule has 4 heterocycles. The highest BCUT2D eigenvalue weighted by atomic mass is 19.4. The number of nitrogens with one attached hydrogen (secondary N) is 1. The average molecular weight is 678 g/mol. The van der Waals surface area contributed by atoms with Crippen LogP contribution in [0.15, 0.2) is 58.8 Å². The van der Waals surface area contributed by atoms with Gasteiger partial charge in [-0.3, -0.25) is 9.89 Å². The van der Waals surface area contributed by atoms with Gasteiger partial charge in [0.25, 0.3) is 0 Å². The molecule has 3 aliphatic heterocycles. The highest BCUT2D eigenvalue weighted by molar-refractivity contribution is 6.10. The molecule has 0 saturated carbocycles. The van der Waals surface area contributed by atoms with E-state index in [0.717, 1.165) is 120 Å². The van der Waals surface area contributed by atoms with Gasteiger partial charge in [0.1, 0.15) is 11.8 Å². The van der Waals surface area contributed by atoms with Gasteiger partial charge < -0.3 is 19.7 Å². The minimum Gasteiger partial charge on any atom is -0.373 e. The van der Waals surface area contributed by atoms with Crippen LogP contribution < -0.4 is 5.32 Å². The van der Waals surface area contributed by atoms with Crippen molar-refractivity contribution in [3.8, 4) is 6.07 Å². The summed E-state index contributed by atoms with van der Waals surface area (Å²) in [6, 6.07) is 8.98. The highest BCUT2D eigenvalue weighted by Gasteiger charge is 2.45. The summed E-state index contributed by atoms with van der Waals surface area (Å²) in [5.74, 6) is 0. The first-order valence-corrected chi connectivity index (χ1v) is 18.0. The van der Waals surface area contributed by atoms with E-state index in [1.807, 2.05) is 13.8 Å². The SMILES string of the molecule is C=CC(=N/CC)/C(/C=C(\C)CC(F)(F)F)=C(\C)N1CC2(CCN(Cc3ccc4c(cc(C#N)n4CCCCN4CCNCC4)c3C)CC2)C1. The molecule has 0 unspecified atom stereocenters. The van der Waals surface area contributed by atoms with Crippen LogP contribution in [0.4, 0.5) is 13.2 Å². The van der Waals surface area contributed by atoms with Crippen molar-refractivity contribution < 1.29 is 13.2 Å². The van der Waals surface area contributed by atoms with Crippen LogP contribution in [0.5, 0.6) is 0 Å². The lowest BCUT2D eigenvalue weighted by atomic mass is 9.71. The van der Waals surface area contributed by atoms with Gasteiger partial charge in [0.2, 0.25) is 0 Å². The van der Waals surface area contributed by atoms with Crippen LogP contribution in [0.3, 0.4) is 0 Å². The molecule has 10 heteroatoms. The van der Waals surface area contributed by atoms with Crippen molar-refractivity contribution in [3.05, 3.63) is 70.6 Å². The number of nitrogens with zero attached hydrogens (tertiary/aromatic N) is 6. The number of likely N-dealkylation sites (tertiary alicyclic amines) is 2. The van der Waals surface area contributed by atoms with Crippen molar-refractivity contribution in [2.24, 2.45) is 10.4 Å². The molecule has 0 amide bonds. The number of hydrogen-bond acceptors (Lipinski definition) is 6. The van der Waals surface area contributed by atoms with Crippen LogP contribution >= 0.6 is 0 Å². The number of fused-ring (bicyclic) bond motifs is 1. The fraction of sp³-hybridized carbons (Fsp3) is 0.590. The zero-order chi connectivity index (χ0) is 35.2. The molecule has 7 nitrogen and oxygen atoms in total. The number of benzene rings is 1. The molecule has 3 fully saturated rings. The van der Waals surface area contributed by atoms with Gasteiger partial charge in [0, 0.05) is 86.5 Å². The second-order valence-corrected chi connectivity index (χ2v) is 14.4. The van der Waals surface area contributed by atoms with Crippen molar-refractivity contribution in [2.75, 3.05) is 65.4 Å². The van der Waals surface area contributed by atoms with Gasteiger partial charge in [-0.1, -0.05) is 24.3 Å². The molecule has 2 aromatic rings. The Bertz CT molecular complexity index is 1600. The van der Waals surface area contributed by atoms with E-state index in [1.165, 1.54) is 23.4 Å². The summed E-state index contributed by atoms with van der Waals surface area (Å²) >= 11 is 0. The number of allylic oxidation sites excluding steroid dienone is 5. The van der Waals surface area contributed by atoms with E-state index in [9.17, 15) is 18.4 Å². The summed E-state index contributed by atoms with van der Waals surface area (Å²) in [5, 5.41) is 14.5. The van der Waals surface area contributed by atoms with E-state index in [2.05, 4.69) is 67.3 Å². The van der Waals surface area contributed by atoms with Crippen molar-refractivity contribution >= 4 is 16.6 Å². The highest BCUT2D eigenvalue weighted by Crippen LogP contribution is 2.43. The quantitative estimate of drug-likeness (QED) is 0.138. The summed E-state index contributed by atoms with van der Waals surface area (Å²) in [5.41, 5.74) is 7.32. The summed E-state index contributed by atoms with van der Waals surface area (Å²) in [6.45, 7) is 23.2. The number of halogens is 3. The van der Waals surface area contributed by atoms with E-state index in [0.29, 0.717) is 12.3 Å². The molecule has 0 bridgehead atoms. The number of unbranched alkanes of at least 4 members (excludes halogenated alkanes) is 1. The number of piperazine rings is 1. The van der Waals surface area contributed by atoms with Gasteiger partial charge in [-0.2, -0.15) is 18.4 Å². The fourth-order valence-electron chi connectivity index (χ4n) is 7.89. The number of nitriles is 1. The van der Waals surface area contributed by atoms with E-state index < -0.39 is 12.6 Å². The number of hydrogen-bond donors (Lipinski definition) is 1. The smallest absolute Gasteiger partial charge is 0.373 e. The zero-order valence-corrected chi connectivity index (χ0v) is 29.9.